The highest BCUT2D eigenvalue weighted by atomic mass is 32.2. The minimum Gasteiger partial charge on any atom is -0.410 e. The van der Waals surface area contributed by atoms with Gasteiger partial charge in [-0.15, -0.1) is 0 Å². The second-order valence-electron chi connectivity index (χ2n) is 3.57. The SMILES string of the molecule is CC.CSc1nccc(/C(=N\O)C(=O)c2ccccc2)n1. The van der Waals surface area contributed by atoms with Crippen LogP contribution < -0.4 is 0 Å². The largest absolute Gasteiger partial charge is 0.410 e. The Morgan fingerprint density at radius 2 is 1.86 bits per heavy atom. The van der Waals surface area contributed by atoms with Crippen LogP contribution in [-0.4, -0.2) is 32.9 Å². The summed E-state index contributed by atoms with van der Waals surface area (Å²) in [6.07, 6.45) is 3.35. The lowest BCUT2D eigenvalue weighted by atomic mass is 10.0. The van der Waals surface area contributed by atoms with E-state index in [1.807, 2.05) is 26.2 Å². The second-order valence-corrected chi connectivity index (χ2v) is 4.35. The number of aromatic nitrogens is 2. The van der Waals surface area contributed by atoms with Gasteiger partial charge in [0, 0.05) is 11.8 Å². The molecule has 2 rings (SSSR count). The molecule has 5 nitrogen and oxygen atoms in total. The maximum Gasteiger partial charge on any atom is 0.216 e. The summed E-state index contributed by atoms with van der Waals surface area (Å²) < 4.78 is 0. The van der Waals surface area contributed by atoms with E-state index in [4.69, 9.17) is 5.21 Å². The zero-order valence-corrected chi connectivity index (χ0v) is 13.0. The molecule has 21 heavy (non-hydrogen) atoms. The number of thioether (sulfide) groups is 1. The Morgan fingerprint density at radius 1 is 1.19 bits per heavy atom. The van der Waals surface area contributed by atoms with Crippen LogP contribution in [0.2, 0.25) is 0 Å². The molecular formula is C15H17N3O2S. The van der Waals surface area contributed by atoms with E-state index in [9.17, 15) is 4.79 Å². The van der Waals surface area contributed by atoms with Gasteiger partial charge in [0.05, 0.1) is 0 Å². The predicted octanol–water partition coefficient (Wildman–Crippen LogP) is 3.29. The molecule has 110 valence electrons. The van der Waals surface area contributed by atoms with E-state index in [1.165, 1.54) is 24.0 Å². The molecule has 0 spiro atoms. The second kappa shape index (κ2) is 8.86. The summed E-state index contributed by atoms with van der Waals surface area (Å²) in [5.74, 6) is -0.381. The van der Waals surface area contributed by atoms with Gasteiger partial charge in [-0.05, 0) is 12.3 Å². The van der Waals surface area contributed by atoms with Gasteiger partial charge < -0.3 is 5.21 Å². The quantitative estimate of drug-likeness (QED) is 0.234. The van der Waals surface area contributed by atoms with Gasteiger partial charge in [-0.25, -0.2) is 9.97 Å². The molecule has 0 aliphatic heterocycles. The van der Waals surface area contributed by atoms with Gasteiger partial charge in [0.15, 0.2) is 10.9 Å². The van der Waals surface area contributed by atoms with E-state index in [2.05, 4.69) is 15.1 Å². The van der Waals surface area contributed by atoms with Crippen LogP contribution in [0.5, 0.6) is 0 Å². The third kappa shape index (κ3) is 4.39. The van der Waals surface area contributed by atoms with Gasteiger partial charge >= 0.3 is 0 Å². The van der Waals surface area contributed by atoms with Crippen LogP contribution in [0.3, 0.4) is 0 Å². The van der Waals surface area contributed by atoms with Crippen molar-refractivity contribution in [2.24, 2.45) is 5.16 Å². The third-order valence-corrected chi connectivity index (χ3v) is 2.97. The number of carbonyl (C=O) groups is 1. The van der Waals surface area contributed by atoms with Crippen LogP contribution in [0, 0.1) is 0 Å². The fourth-order valence-electron chi connectivity index (χ4n) is 1.51. The third-order valence-electron chi connectivity index (χ3n) is 2.41. The first kappa shape index (κ1) is 16.8. The molecule has 6 heteroatoms. The van der Waals surface area contributed by atoms with Gasteiger partial charge in [0.25, 0.3) is 0 Å². The molecule has 2 aromatic rings. The van der Waals surface area contributed by atoms with Crippen LogP contribution in [0.15, 0.2) is 52.9 Å². The van der Waals surface area contributed by atoms with Crippen LogP contribution in [-0.2, 0) is 0 Å². The minimum absolute atomic E-state index is 0.0936. The van der Waals surface area contributed by atoms with Gasteiger partial charge in [-0.2, -0.15) is 0 Å². The average molecular weight is 303 g/mol. The lowest BCUT2D eigenvalue weighted by molar-refractivity contribution is 0.106. The molecule has 0 fully saturated rings. The number of oxime groups is 1. The maximum absolute atomic E-state index is 12.2. The summed E-state index contributed by atoms with van der Waals surface area (Å²) in [5, 5.41) is 12.7. The molecule has 0 aliphatic carbocycles. The molecule has 0 saturated carbocycles. The Labute approximate surface area is 128 Å². The van der Waals surface area contributed by atoms with E-state index < -0.39 is 0 Å². The van der Waals surface area contributed by atoms with Gasteiger partial charge in [-0.3, -0.25) is 4.79 Å². The van der Waals surface area contributed by atoms with Gasteiger partial charge in [0.1, 0.15) is 5.69 Å². The van der Waals surface area contributed by atoms with Crippen LogP contribution in [0.25, 0.3) is 0 Å². The summed E-state index contributed by atoms with van der Waals surface area (Å²) in [4.78, 5) is 20.4. The number of carbonyl (C=O) groups excluding carboxylic acids is 1. The number of rotatable bonds is 4. The Kier molecular flexibility index (Phi) is 7.11. The molecule has 0 amide bonds. The topological polar surface area (TPSA) is 75.4 Å². The van der Waals surface area contributed by atoms with Crippen molar-refractivity contribution in [3.63, 3.8) is 0 Å². The first-order valence-electron chi connectivity index (χ1n) is 6.45. The molecular weight excluding hydrogens is 286 g/mol. The van der Waals surface area contributed by atoms with E-state index in [1.54, 1.807) is 24.3 Å². The van der Waals surface area contributed by atoms with E-state index in [-0.39, 0.29) is 11.5 Å². The van der Waals surface area contributed by atoms with Crippen molar-refractivity contribution >= 4 is 23.3 Å². The lowest BCUT2D eigenvalue weighted by Crippen LogP contribution is -2.17. The van der Waals surface area contributed by atoms with E-state index >= 15 is 0 Å². The van der Waals surface area contributed by atoms with Crippen molar-refractivity contribution in [1.82, 2.24) is 9.97 Å². The minimum atomic E-state index is -0.381. The summed E-state index contributed by atoms with van der Waals surface area (Å²) in [6, 6.07) is 10.2. The number of nitrogens with zero attached hydrogens (tertiary/aromatic N) is 3. The van der Waals surface area contributed by atoms with Crippen molar-refractivity contribution in [1.29, 1.82) is 0 Å². The van der Waals surface area contributed by atoms with Crippen molar-refractivity contribution in [2.45, 2.75) is 19.0 Å². The smallest absolute Gasteiger partial charge is 0.216 e. The monoisotopic (exact) mass is 303 g/mol. The van der Waals surface area contributed by atoms with Crippen molar-refractivity contribution in [2.75, 3.05) is 6.26 Å². The molecule has 0 unspecified atom stereocenters. The Balaban J connectivity index is 0.00000106. The summed E-state index contributed by atoms with van der Waals surface area (Å²) >= 11 is 1.35. The fourth-order valence-corrected chi connectivity index (χ4v) is 1.87. The van der Waals surface area contributed by atoms with Crippen molar-refractivity contribution in [3.8, 4) is 0 Å². The van der Waals surface area contributed by atoms with Crippen molar-refractivity contribution in [3.05, 3.63) is 53.9 Å². The number of ketones is 1. The standard InChI is InChI=1S/C13H11N3O2S.C2H6/c1-19-13-14-8-7-10(15-13)11(16-18)12(17)9-5-3-2-4-6-9;1-2/h2-8,18H,1H3;1-2H3/b16-11+;. The molecule has 0 atom stereocenters. The summed E-state index contributed by atoms with van der Waals surface area (Å²) in [6.45, 7) is 4.00. The summed E-state index contributed by atoms with van der Waals surface area (Å²) in [5.41, 5.74) is 0.652. The highest BCUT2D eigenvalue weighted by Gasteiger charge is 2.18. The van der Waals surface area contributed by atoms with Crippen molar-refractivity contribution < 1.29 is 10.0 Å². The van der Waals surface area contributed by atoms with E-state index in [0.717, 1.165) is 0 Å². The molecule has 0 aliphatic rings. The zero-order valence-electron chi connectivity index (χ0n) is 12.1. The Morgan fingerprint density at radius 3 is 2.43 bits per heavy atom. The van der Waals surface area contributed by atoms with E-state index in [0.29, 0.717) is 16.4 Å². The fraction of sp³-hybridized carbons (Fsp3) is 0.200. The highest BCUT2D eigenvalue weighted by molar-refractivity contribution is 7.98. The zero-order chi connectivity index (χ0) is 15.7. The first-order valence-corrected chi connectivity index (χ1v) is 7.68. The summed E-state index contributed by atoms with van der Waals surface area (Å²) in [7, 11) is 0. The molecule has 0 bridgehead atoms. The normalized spacial score (nSPS) is 10.5. The maximum atomic E-state index is 12.2. The highest BCUT2D eigenvalue weighted by Crippen LogP contribution is 2.11. The predicted molar refractivity (Wildman–Crippen MR) is 84.3 cm³/mol. The average Bonchev–Trinajstić information content (AvgIpc) is 2.58. The Bertz CT molecular complexity index is 615. The Hall–Kier alpha value is -2.21. The molecule has 1 aromatic carbocycles. The van der Waals surface area contributed by atoms with Crippen LogP contribution in [0.1, 0.15) is 29.9 Å². The molecule has 1 aromatic heterocycles. The van der Waals surface area contributed by atoms with Gasteiger partial charge in [0.2, 0.25) is 5.78 Å². The van der Waals surface area contributed by atoms with Crippen LogP contribution >= 0.6 is 11.8 Å². The molecule has 0 saturated heterocycles. The molecule has 0 radical (unpaired) electrons. The number of Topliss-reactive ketones (excluding diaryl/α,β-unsaturated/α-hetero) is 1. The van der Waals surface area contributed by atoms with Crippen LogP contribution in [0.4, 0.5) is 0 Å². The lowest BCUT2D eigenvalue weighted by Gasteiger charge is -2.04. The van der Waals surface area contributed by atoms with Gasteiger partial charge in [-0.1, -0.05) is 61.1 Å². The first-order chi connectivity index (χ1) is 10.3. The number of benzene rings is 1. The molecule has 1 heterocycles. The molecule has 1 N–H and O–H groups in total. The number of hydrogen-bond acceptors (Lipinski definition) is 6. The number of hydrogen-bond donors (Lipinski definition) is 1.